The molecule has 1 aromatic carbocycles. The maximum atomic E-state index is 13.8. The van der Waals surface area contributed by atoms with E-state index in [1.807, 2.05) is 0 Å². The minimum Gasteiger partial charge on any atom is -0.383 e. The zero-order chi connectivity index (χ0) is 14.3. The van der Waals surface area contributed by atoms with E-state index in [9.17, 15) is 18.7 Å². The molecule has 0 unspecified atom stereocenters. The van der Waals surface area contributed by atoms with E-state index in [1.54, 1.807) is 19.1 Å². The van der Waals surface area contributed by atoms with Gasteiger partial charge in [0.25, 0.3) is 5.91 Å². The van der Waals surface area contributed by atoms with Crippen LogP contribution in [0, 0.1) is 6.92 Å². The first-order valence-electron chi connectivity index (χ1n) is 5.94. The number of amides is 1. The maximum absolute atomic E-state index is 13.8. The zero-order valence-electron chi connectivity index (χ0n) is 10.3. The molecule has 2 rings (SSSR count). The van der Waals surface area contributed by atoms with Gasteiger partial charge in [0.2, 0.25) is 0 Å². The summed E-state index contributed by atoms with van der Waals surface area (Å²) < 4.78 is 27.7. The van der Waals surface area contributed by atoms with Crippen LogP contribution in [0.25, 0.3) is 0 Å². The van der Waals surface area contributed by atoms with Crippen molar-refractivity contribution in [3.63, 3.8) is 0 Å². The van der Waals surface area contributed by atoms with Gasteiger partial charge in [0.1, 0.15) is 5.60 Å². The first kappa shape index (κ1) is 14.2. The molecule has 1 aliphatic carbocycles. The highest BCUT2D eigenvalue weighted by molar-refractivity contribution is 6.33. The van der Waals surface area contributed by atoms with Crippen LogP contribution in [0.4, 0.5) is 14.5 Å². The minimum atomic E-state index is -3.82. The van der Waals surface area contributed by atoms with Crippen LogP contribution in [0.3, 0.4) is 0 Å². The van der Waals surface area contributed by atoms with Gasteiger partial charge in [0.05, 0.1) is 10.7 Å². The van der Waals surface area contributed by atoms with Crippen molar-refractivity contribution in [2.45, 2.75) is 37.7 Å². The highest BCUT2D eigenvalue weighted by Gasteiger charge is 2.61. The summed E-state index contributed by atoms with van der Waals surface area (Å²) in [7, 11) is 0. The molecule has 2 N–H and O–H groups in total. The van der Waals surface area contributed by atoms with Gasteiger partial charge in [-0.25, -0.2) is 0 Å². The summed E-state index contributed by atoms with van der Waals surface area (Å²) in [5, 5.41) is 11.9. The molecule has 6 heteroatoms. The van der Waals surface area contributed by atoms with E-state index in [0.29, 0.717) is 6.42 Å². The van der Waals surface area contributed by atoms with Crippen LogP contribution >= 0.6 is 11.6 Å². The summed E-state index contributed by atoms with van der Waals surface area (Å²) in [4.78, 5) is 11.6. The molecular weight excluding hydrogens is 276 g/mol. The van der Waals surface area contributed by atoms with Gasteiger partial charge in [-0.3, -0.25) is 4.79 Å². The van der Waals surface area contributed by atoms with Crippen molar-refractivity contribution in [1.82, 2.24) is 0 Å². The second-order valence-electron chi connectivity index (χ2n) is 4.90. The first-order chi connectivity index (χ1) is 8.76. The number of hydrogen-bond donors (Lipinski definition) is 2. The van der Waals surface area contributed by atoms with Crippen LogP contribution in [-0.2, 0) is 4.79 Å². The highest BCUT2D eigenvalue weighted by atomic mass is 35.5. The lowest BCUT2D eigenvalue weighted by atomic mass is 9.75. The average Bonchev–Trinajstić information content (AvgIpc) is 2.29. The number of carbonyl (C=O) groups is 1. The number of hydrogen-bond acceptors (Lipinski definition) is 2. The Morgan fingerprint density at radius 3 is 2.58 bits per heavy atom. The number of rotatable bonds is 3. The van der Waals surface area contributed by atoms with Crippen LogP contribution in [0.15, 0.2) is 18.2 Å². The summed E-state index contributed by atoms with van der Waals surface area (Å²) in [6.07, 6.45) is 0.342. The Bertz CT molecular complexity index is 515. The van der Waals surface area contributed by atoms with Gasteiger partial charge in [0, 0.05) is 0 Å². The van der Waals surface area contributed by atoms with Crippen LogP contribution in [0.1, 0.15) is 24.8 Å². The number of alkyl halides is 2. The molecule has 1 aliphatic rings. The number of carbonyl (C=O) groups excluding carboxylic acids is 1. The zero-order valence-corrected chi connectivity index (χ0v) is 11.1. The third kappa shape index (κ3) is 2.44. The Balaban J connectivity index is 2.16. The van der Waals surface area contributed by atoms with E-state index in [1.165, 1.54) is 6.07 Å². The Morgan fingerprint density at radius 2 is 2.11 bits per heavy atom. The van der Waals surface area contributed by atoms with Crippen LogP contribution in [-0.4, -0.2) is 22.5 Å². The molecule has 0 spiro atoms. The predicted octanol–water partition coefficient (Wildman–Crippen LogP) is 3.14. The number of aliphatic hydroxyl groups is 1. The van der Waals surface area contributed by atoms with E-state index < -0.39 is 17.4 Å². The van der Waals surface area contributed by atoms with E-state index >= 15 is 0 Å². The van der Waals surface area contributed by atoms with E-state index in [4.69, 9.17) is 11.6 Å². The molecule has 1 saturated carbocycles. The normalized spacial score (nSPS) is 17.7. The van der Waals surface area contributed by atoms with E-state index in [0.717, 1.165) is 5.56 Å². The van der Waals surface area contributed by atoms with Crippen molar-refractivity contribution in [1.29, 1.82) is 0 Å². The Labute approximate surface area is 114 Å². The maximum Gasteiger partial charge on any atom is 0.352 e. The number of benzene rings is 1. The number of anilines is 1. The average molecular weight is 290 g/mol. The van der Waals surface area contributed by atoms with Crippen LogP contribution in [0.2, 0.25) is 5.02 Å². The van der Waals surface area contributed by atoms with Crippen molar-refractivity contribution in [2.75, 3.05) is 5.32 Å². The standard InChI is InChI=1S/C13H14ClF2NO2/c1-8-3-4-10(9(14)7-8)17-11(18)13(15,16)12(19)5-2-6-12/h3-4,7,19H,2,5-6H2,1H3,(H,17,18). The Kier molecular flexibility index (Phi) is 3.53. The second-order valence-corrected chi connectivity index (χ2v) is 5.30. The molecule has 104 valence electrons. The summed E-state index contributed by atoms with van der Waals surface area (Å²) in [5.41, 5.74) is -1.26. The number of nitrogens with one attached hydrogen (secondary N) is 1. The van der Waals surface area contributed by atoms with Gasteiger partial charge in [0.15, 0.2) is 0 Å². The minimum absolute atomic E-state index is 0.0744. The topological polar surface area (TPSA) is 49.3 Å². The molecule has 0 aliphatic heterocycles. The van der Waals surface area contributed by atoms with Gasteiger partial charge in [-0.2, -0.15) is 8.78 Å². The lowest BCUT2D eigenvalue weighted by Gasteiger charge is -2.41. The third-order valence-corrected chi connectivity index (χ3v) is 3.74. The molecule has 0 aromatic heterocycles. The van der Waals surface area contributed by atoms with Crippen molar-refractivity contribution in [2.24, 2.45) is 0 Å². The van der Waals surface area contributed by atoms with Crippen LogP contribution < -0.4 is 5.32 Å². The Hall–Kier alpha value is -1.20. The lowest BCUT2D eigenvalue weighted by molar-refractivity contribution is -0.212. The number of aryl methyl sites for hydroxylation is 1. The fraction of sp³-hybridized carbons (Fsp3) is 0.462. The fourth-order valence-corrected chi connectivity index (χ4v) is 2.24. The molecule has 1 amide bonds. The molecular formula is C13H14ClF2NO2. The molecule has 0 bridgehead atoms. The molecule has 0 atom stereocenters. The molecule has 0 saturated heterocycles. The number of halogens is 3. The summed E-state index contributed by atoms with van der Waals surface area (Å²) >= 11 is 5.86. The van der Waals surface area contributed by atoms with Gasteiger partial charge >= 0.3 is 5.92 Å². The lowest BCUT2D eigenvalue weighted by Crippen LogP contribution is -2.59. The Morgan fingerprint density at radius 1 is 1.47 bits per heavy atom. The summed E-state index contributed by atoms with van der Waals surface area (Å²) in [5.74, 6) is -5.35. The second kappa shape index (κ2) is 4.72. The van der Waals surface area contributed by atoms with Gasteiger partial charge in [-0.1, -0.05) is 17.7 Å². The monoisotopic (exact) mass is 289 g/mol. The highest BCUT2D eigenvalue weighted by Crippen LogP contribution is 2.44. The molecule has 1 aromatic rings. The first-order valence-corrected chi connectivity index (χ1v) is 6.32. The van der Waals surface area contributed by atoms with Gasteiger partial charge in [-0.15, -0.1) is 0 Å². The van der Waals surface area contributed by atoms with Crippen molar-refractivity contribution in [3.05, 3.63) is 28.8 Å². The van der Waals surface area contributed by atoms with Gasteiger partial charge in [-0.05, 0) is 43.9 Å². The van der Waals surface area contributed by atoms with Crippen molar-refractivity contribution < 1.29 is 18.7 Å². The molecule has 1 fully saturated rings. The summed E-state index contributed by atoms with van der Waals surface area (Å²) in [6, 6.07) is 4.67. The quantitative estimate of drug-likeness (QED) is 0.898. The molecule has 0 heterocycles. The molecule has 3 nitrogen and oxygen atoms in total. The van der Waals surface area contributed by atoms with Crippen molar-refractivity contribution in [3.8, 4) is 0 Å². The smallest absolute Gasteiger partial charge is 0.352 e. The van der Waals surface area contributed by atoms with E-state index in [2.05, 4.69) is 5.32 Å². The molecule has 19 heavy (non-hydrogen) atoms. The van der Waals surface area contributed by atoms with E-state index in [-0.39, 0.29) is 23.6 Å². The van der Waals surface area contributed by atoms with Crippen LogP contribution in [0.5, 0.6) is 0 Å². The summed E-state index contributed by atoms with van der Waals surface area (Å²) in [6.45, 7) is 1.79. The fourth-order valence-electron chi connectivity index (χ4n) is 1.96. The van der Waals surface area contributed by atoms with Gasteiger partial charge < -0.3 is 10.4 Å². The predicted molar refractivity (Wildman–Crippen MR) is 68.6 cm³/mol. The SMILES string of the molecule is Cc1ccc(NC(=O)C(F)(F)C2(O)CCC2)c(Cl)c1. The largest absolute Gasteiger partial charge is 0.383 e. The van der Waals surface area contributed by atoms with Crippen molar-refractivity contribution >= 4 is 23.2 Å². The molecule has 0 radical (unpaired) electrons. The third-order valence-electron chi connectivity index (χ3n) is 3.42.